The standard InChI is InChI=1S/C17H22FIN4O3/c1-22-14(9-16(24)20-11-2-3-12(18)13(19)8-11)21-15(10-17(22)25)23-4-6-26-7-5-23/h2-3,8,14-15,21H,4-7,9-10H2,1H3,(H,20,24). The van der Waals surface area contributed by atoms with Gasteiger partial charge in [0.2, 0.25) is 11.8 Å². The summed E-state index contributed by atoms with van der Waals surface area (Å²) in [5.74, 6) is -0.544. The van der Waals surface area contributed by atoms with Crippen LogP contribution in [0.4, 0.5) is 10.1 Å². The fourth-order valence-corrected chi connectivity index (χ4v) is 3.67. The van der Waals surface area contributed by atoms with Crippen LogP contribution in [0.15, 0.2) is 18.2 Å². The van der Waals surface area contributed by atoms with Crippen LogP contribution in [-0.2, 0) is 14.3 Å². The number of carbonyl (C=O) groups excluding carboxylic acids is 2. The fraction of sp³-hybridized carbons (Fsp3) is 0.529. The van der Waals surface area contributed by atoms with Gasteiger partial charge in [0.05, 0.1) is 42.0 Å². The SMILES string of the molecule is CN1C(=O)CC(N2CCOCC2)NC1CC(=O)Nc1ccc(F)c(I)c1. The van der Waals surface area contributed by atoms with E-state index in [1.807, 2.05) is 22.6 Å². The Hall–Kier alpha value is -1.30. The van der Waals surface area contributed by atoms with Gasteiger partial charge in [0.25, 0.3) is 0 Å². The highest BCUT2D eigenvalue weighted by atomic mass is 127. The molecule has 2 unspecified atom stereocenters. The van der Waals surface area contributed by atoms with E-state index in [9.17, 15) is 14.0 Å². The molecule has 1 aromatic rings. The summed E-state index contributed by atoms with van der Waals surface area (Å²) in [6, 6.07) is 4.42. The van der Waals surface area contributed by atoms with Crippen LogP contribution < -0.4 is 10.6 Å². The third-order valence-electron chi connectivity index (χ3n) is 4.68. The molecule has 26 heavy (non-hydrogen) atoms. The lowest BCUT2D eigenvalue weighted by atomic mass is 10.1. The molecule has 0 radical (unpaired) electrons. The molecule has 1 aromatic carbocycles. The maximum absolute atomic E-state index is 13.3. The van der Waals surface area contributed by atoms with Crippen LogP contribution in [0, 0.1) is 9.39 Å². The first-order valence-corrected chi connectivity index (χ1v) is 9.60. The van der Waals surface area contributed by atoms with Gasteiger partial charge >= 0.3 is 0 Å². The number of morpholine rings is 1. The van der Waals surface area contributed by atoms with Gasteiger partial charge < -0.3 is 15.0 Å². The second-order valence-corrected chi connectivity index (χ2v) is 7.60. The van der Waals surface area contributed by atoms with Gasteiger partial charge in [0.1, 0.15) is 5.82 Å². The molecular weight excluding hydrogens is 454 g/mol. The van der Waals surface area contributed by atoms with Gasteiger partial charge in [-0.15, -0.1) is 0 Å². The van der Waals surface area contributed by atoms with Crippen LogP contribution in [0.3, 0.4) is 0 Å². The largest absolute Gasteiger partial charge is 0.379 e. The zero-order valence-corrected chi connectivity index (χ0v) is 16.7. The van der Waals surface area contributed by atoms with Crippen molar-refractivity contribution in [2.45, 2.75) is 25.2 Å². The minimum absolute atomic E-state index is 0.00868. The van der Waals surface area contributed by atoms with Gasteiger partial charge in [0.15, 0.2) is 0 Å². The average molecular weight is 476 g/mol. The molecule has 9 heteroatoms. The molecule has 2 saturated heterocycles. The third-order valence-corrected chi connectivity index (χ3v) is 5.51. The smallest absolute Gasteiger partial charge is 0.227 e. The summed E-state index contributed by atoms with van der Waals surface area (Å²) in [6.45, 7) is 2.83. The van der Waals surface area contributed by atoms with Crippen molar-refractivity contribution in [2.75, 3.05) is 38.7 Å². The van der Waals surface area contributed by atoms with Crippen molar-refractivity contribution in [3.8, 4) is 0 Å². The van der Waals surface area contributed by atoms with E-state index in [2.05, 4.69) is 15.5 Å². The lowest BCUT2D eigenvalue weighted by Gasteiger charge is -2.43. The lowest BCUT2D eigenvalue weighted by Crippen LogP contribution is -2.63. The summed E-state index contributed by atoms with van der Waals surface area (Å²) >= 11 is 1.88. The Morgan fingerprint density at radius 2 is 2.15 bits per heavy atom. The number of carbonyl (C=O) groups is 2. The van der Waals surface area contributed by atoms with E-state index in [0.717, 1.165) is 13.1 Å². The van der Waals surface area contributed by atoms with Crippen LogP contribution in [-0.4, -0.2) is 67.3 Å². The van der Waals surface area contributed by atoms with Crippen LogP contribution in [0.1, 0.15) is 12.8 Å². The highest BCUT2D eigenvalue weighted by Crippen LogP contribution is 2.19. The normalized spacial score (nSPS) is 24.6. The number of rotatable bonds is 4. The van der Waals surface area contributed by atoms with E-state index in [0.29, 0.717) is 28.9 Å². The van der Waals surface area contributed by atoms with E-state index in [1.54, 1.807) is 18.0 Å². The van der Waals surface area contributed by atoms with E-state index in [-0.39, 0.29) is 36.4 Å². The molecule has 2 N–H and O–H groups in total. The van der Waals surface area contributed by atoms with Gasteiger partial charge in [-0.05, 0) is 40.8 Å². The Balaban J connectivity index is 1.61. The van der Waals surface area contributed by atoms with Crippen LogP contribution >= 0.6 is 22.6 Å². The van der Waals surface area contributed by atoms with Gasteiger partial charge in [-0.25, -0.2) is 4.39 Å². The summed E-state index contributed by atoms with van der Waals surface area (Å²) in [4.78, 5) is 28.5. The van der Waals surface area contributed by atoms with Crippen molar-refractivity contribution >= 4 is 40.1 Å². The van der Waals surface area contributed by atoms with Crippen molar-refractivity contribution in [2.24, 2.45) is 0 Å². The molecule has 2 aliphatic heterocycles. The molecule has 0 saturated carbocycles. The monoisotopic (exact) mass is 476 g/mol. The molecule has 142 valence electrons. The quantitative estimate of drug-likeness (QED) is 0.640. The molecule has 0 aliphatic carbocycles. The summed E-state index contributed by atoms with van der Waals surface area (Å²) in [6.07, 6.45) is 0.0257. The first-order valence-electron chi connectivity index (χ1n) is 8.52. The Kier molecular flexibility index (Phi) is 6.43. The van der Waals surface area contributed by atoms with Crippen molar-refractivity contribution in [1.29, 1.82) is 0 Å². The molecular formula is C17H22FIN4O3. The summed E-state index contributed by atoms with van der Waals surface area (Å²) in [5, 5.41) is 6.16. The molecule has 2 atom stereocenters. The molecule has 2 heterocycles. The number of amides is 2. The van der Waals surface area contributed by atoms with Crippen molar-refractivity contribution < 1.29 is 18.7 Å². The molecule has 0 spiro atoms. The molecule has 3 rings (SSSR count). The number of benzene rings is 1. The molecule has 7 nitrogen and oxygen atoms in total. The number of anilines is 1. The Morgan fingerprint density at radius 3 is 2.85 bits per heavy atom. The number of nitrogens with one attached hydrogen (secondary N) is 2. The number of halogens is 2. The maximum atomic E-state index is 13.3. The Morgan fingerprint density at radius 1 is 1.42 bits per heavy atom. The van der Waals surface area contributed by atoms with Gasteiger partial charge in [-0.1, -0.05) is 0 Å². The highest BCUT2D eigenvalue weighted by Gasteiger charge is 2.35. The minimum Gasteiger partial charge on any atom is -0.379 e. The van der Waals surface area contributed by atoms with Crippen LogP contribution in [0.5, 0.6) is 0 Å². The molecule has 0 bridgehead atoms. The fourth-order valence-electron chi connectivity index (χ4n) is 3.16. The van der Waals surface area contributed by atoms with E-state index in [1.165, 1.54) is 12.1 Å². The van der Waals surface area contributed by atoms with Crippen LogP contribution in [0.25, 0.3) is 0 Å². The number of nitrogens with zero attached hydrogens (tertiary/aromatic N) is 2. The second kappa shape index (κ2) is 8.59. The van der Waals surface area contributed by atoms with Crippen molar-refractivity contribution in [3.63, 3.8) is 0 Å². The summed E-state index contributed by atoms with van der Waals surface area (Å²) in [5.41, 5.74) is 0.537. The van der Waals surface area contributed by atoms with E-state index >= 15 is 0 Å². The molecule has 0 aromatic heterocycles. The van der Waals surface area contributed by atoms with E-state index in [4.69, 9.17) is 4.74 Å². The topological polar surface area (TPSA) is 73.9 Å². The first kappa shape index (κ1) is 19.5. The van der Waals surface area contributed by atoms with Crippen molar-refractivity contribution in [3.05, 3.63) is 27.6 Å². The number of hydrogen-bond donors (Lipinski definition) is 2. The minimum atomic E-state index is -0.386. The zero-order valence-electron chi connectivity index (χ0n) is 14.5. The second-order valence-electron chi connectivity index (χ2n) is 6.44. The predicted octanol–water partition coefficient (Wildman–Crippen LogP) is 1.19. The predicted molar refractivity (Wildman–Crippen MR) is 103 cm³/mol. The zero-order chi connectivity index (χ0) is 18.7. The highest BCUT2D eigenvalue weighted by molar-refractivity contribution is 14.1. The third kappa shape index (κ3) is 4.70. The van der Waals surface area contributed by atoms with Gasteiger partial charge in [-0.2, -0.15) is 0 Å². The summed E-state index contributed by atoms with van der Waals surface area (Å²) in [7, 11) is 1.70. The molecule has 2 amide bonds. The average Bonchev–Trinajstić information content (AvgIpc) is 2.62. The van der Waals surface area contributed by atoms with Gasteiger partial charge in [0, 0.05) is 25.8 Å². The van der Waals surface area contributed by atoms with E-state index < -0.39 is 0 Å². The number of hydrogen-bond acceptors (Lipinski definition) is 5. The van der Waals surface area contributed by atoms with Gasteiger partial charge in [-0.3, -0.25) is 19.8 Å². The van der Waals surface area contributed by atoms with Crippen molar-refractivity contribution in [1.82, 2.24) is 15.1 Å². The lowest BCUT2D eigenvalue weighted by molar-refractivity contribution is -0.141. The van der Waals surface area contributed by atoms with Crippen LogP contribution in [0.2, 0.25) is 0 Å². The molecule has 2 aliphatic rings. The first-order chi connectivity index (χ1) is 12.4. The Bertz CT molecular complexity index is 684. The summed E-state index contributed by atoms with van der Waals surface area (Å²) < 4.78 is 19.1. The number of ether oxygens (including phenoxy) is 1. The molecule has 2 fully saturated rings. The maximum Gasteiger partial charge on any atom is 0.227 e. The Labute approximate surface area is 165 Å².